The highest BCUT2D eigenvalue weighted by molar-refractivity contribution is 5.40. The number of nitrogens with one attached hydrogen (secondary N) is 1. The topological polar surface area (TPSA) is 60.6 Å². The van der Waals surface area contributed by atoms with Crippen molar-refractivity contribution in [2.75, 3.05) is 5.32 Å². The molecule has 0 saturated carbocycles. The Morgan fingerprint density at radius 3 is 2.65 bits per heavy atom. The molecule has 1 N–H and O–H groups in total. The Balaban J connectivity index is 1.76. The Labute approximate surface area is 117 Å². The molecule has 1 atom stereocenters. The van der Waals surface area contributed by atoms with Crippen molar-refractivity contribution in [1.29, 1.82) is 0 Å². The molecule has 0 amide bonds. The Morgan fingerprint density at radius 1 is 1.15 bits per heavy atom. The standard InChI is InChI=1S/C14H16N6/c1-11(16-12-8-15-19(2)9-12)14-10-20(18-17-14)13-6-4-3-5-7-13/h3-11,16H,1-2H3/t11-/m0/s1. The summed E-state index contributed by atoms with van der Waals surface area (Å²) in [6, 6.07) is 10.0. The molecule has 6 heteroatoms. The molecule has 2 heterocycles. The van der Waals surface area contributed by atoms with E-state index in [-0.39, 0.29) is 6.04 Å². The van der Waals surface area contributed by atoms with E-state index < -0.39 is 0 Å². The van der Waals surface area contributed by atoms with Crippen LogP contribution < -0.4 is 5.32 Å². The first-order valence-corrected chi connectivity index (χ1v) is 6.45. The number of anilines is 1. The van der Waals surface area contributed by atoms with Gasteiger partial charge < -0.3 is 5.32 Å². The minimum absolute atomic E-state index is 0.0664. The van der Waals surface area contributed by atoms with E-state index >= 15 is 0 Å². The van der Waals surface area contributed by atoms with Crippen LogP contribution in [0.15, 0.2) is 48.9 Å². The minimum atomic E-state index is 0.0664. The quantitative estimate of drug-likeness (QED) is 0.787. The van der Waals surface area contributed by atoms with E-state index in [0.29, 0.717) is 0 Å². The summed E-state index contributed by atoms with van der Waals surface area (Å²) in [6.45, 7) is 2.05. The lowest BCUT2D eigenvalue weighted by atomic mass is 10.2. The molecule has 0 aliphatic carbocycles. The van der Waals surface area contributed by atoms with Crippen LogP contribution in [0.1, 0.15) is 18.7 Å². The zero-order chi connectivity index (χ0) is 13.9. The third-order valence-corrected chi connectivity index (χ3v) is 3.06. The average Bonchev–Trinajstić information content (AvgIpc) is 3.09. The van der Waals surface area contributed by atoms with E-state index in [4.69, 9.17) is 0 Å². The van der Waals surface area contributed by atoms with Gasteiger partial charge in [0.15, 0.2) is 0 Å². The number of hydrogen-bond donors (Lipinski definition) is 1. The fourth-order valence-electron chi connectivity index (χ4n) is 2.00. The average molecular weight is 268 g/mol. The molecule has 20 heavy (non-hydrogen) atoms. The highest BCUT2D eigenvalue weighted by atomic mass is 15.4. The van der Waals surface area contributed by atoms with Gasteiger partial charge in [-0.2, -0.15) is 5.10 Å². The maximum atomic E-state index is 4.22. The molecule has 6 nitrogen and oxygen atoms in total. The van der Waals surface area contributed by atoms with E-state index in [1.54, 1.807) is 15.6 Å². The first kappa shape index (κ1) is 12.4. The van der Waals surface area contributed by atoms with Crippen molar-refractivity contribution < 1.29 is 0 Å². The summed E-state index contributed by atoms with van der Waals surface area (Å²) in [5, 5.41) is 15.9. The van der Waals surface area contributed by atoms with Gasteiger partial charge in [0.25, 0.3) is 0 Å². The van der Waals surface area contributed by atoms with Crippen LogP contribution in [0, 0.1) is 0 Å². The molecule has 3 rings (SSSR count). The molecule has 0 aliphatic rings. The van der Waals surface area contributed by atoms with Gasteiger partial charge in [-0.05, 0) is 19.1 Å². The monoisotopic (exact) mass is 268 g/mol. The molecule has 2 aromatic heterocycles. The third kappa shape index (κ3) is 2.54. The van der Waals surface area contributed by atoms with E-state index in [1.165, 1.54) is 0 Å². The minimum Gasteiger partial charge on any atom is -0.374 e. The summed E-state index contributed by atoms with van der Waals surface area (Å²) >= 11 is 0. The molecule has 0 fully saturated rings. The van der Waals surface area contributed by atoms with Crippen LogP contribution in [0.3, 0.4) is 0 Å². The predicted molar refractivity (Wildman–Crippen MR) is 76.6 cm³/mol. The Kier molecular flexibility index (Phi) is 3.20. The van der Waals surface area contributed by atoms with E-state index in [1.807, 2.05) is 56.7 Å². The smallest absolute Gasteiger partial charge is 0.105 e. The SMILES string of the molecule is C[C@H](Nc1cnn(C)c1)c1cn(-c2ccccc2)nn1. The molecule has 3 aromatic rings. The molecule has 0 spiro atoms. The summed E-state index contributed by atoms with van der Waals surface area (Å²) in [7, 11) is 1.89. The van der Waals surface area contributed by atoms with Crippen LogP contribution in [0.4, 0.5) is 5.69 Å². The van der Waals surface area contributed by atoms with Crippen molar-refractivity contribution >= 4 is 5.69 Å². The fraction of sp³-hybridized carbons (Fsp3) is 0.214. The van der Waals surface area contributed by atoms with Crippen molar-refractivity contribution in [2.45, 2.75) is 13.0 Å². The molecular formula is C14H16N6. The number of para-hydroxylation sites is 1. The first-order valence-electron chi connectivity index (χ1n) is 6.45. The Hall–Kier alpha value is -2.63. The lowest BCUT2D eigenvalue weighted by Crippen LogP contribution is -2.06. The van der Waals surface area contributed by atoms with E-state index in [9.17, 15) is 0 Å². The summed E-state index contributed by atoms with van der Waals surface area (Å²) in [6.07, 6.45) is 5.65. The second-order valence-electron chi connectivity index (χ2n) is 4.69. The molecule has 0 saturated heterocycles. The maximum absolute atomic E-state index is 4.22. The second kappa shape index (κ2) is 5.16. The van der Waals surface area contributed by atoms with Crippen molar-refractivity contribution in [3.05, 3.63) is 54.6 Å². The van der Waals surface area contributed by atoms with Gasteiger partial charge in [0.2, 0.25) is 0 Å². The van der Waals surface area contributed by atoms with Gasteiger partial charge in [0, 0.05) is 13.2 Å². The van der Waals surface area contributed by atoms with Gasteiger partial charge in [-0.1, -0.05) is 23.4 Å². The molecule has 1 aromatic carbocycles. The number of hydrogen-bond acceptors (Lipinski definition) is 4. The summed E-state index contributed by atoms with van der Waals surface area (Å²) in [4.78, 5) is 0. The first-order chi connectivity index (χ1) is 9.72. The number of rotatable bonds is 4. The molecular weight excluding hydrogens is 252 g/mol. The van der Waals surface area contributed by atoms with Crippen molar-refractivity contribution in [1.82, 2.24) is 24.8 Å². The van der Waals surface area contributed by atoms with Crippen molar-refractivity contribution in [2.24, 2.45) is 7.05 Å². The molecule has 0 unspecified atom stereocenters. The van der Waals surface area contributed by atoms with Crippen LogP contribution in [-0.4, -0.2) is 24.8 Å². The number of benzene rings is 1. The normalized spacial score (nSPS) is 12.3. The van der Waals surface area contributed by atoms with Crippen LogP contribution >= 0.6 is 0 Å². The van der Waals surface area contributed by atoms with Gasteiger partial charge in [-0.15, -0.1) is 5.10 Å². The van der Waals surface area contributed by atoms with Crippen LogP contribution in [0.25, 0.3) is 5.69 Å². The summed E-state index contributed by atoms with van der Waals surface area (Å²) in [5.41, 5.74) is 2.85. The number of nitrogens with zero attached hydrogens (tertiary/aromatic N) is 5. The van der Waals surface area contributed by atoms with Gasteiger partial charge in [0.05, 0.1) is 29.8 Å². The van der Waals surface area contributed by atoms with Crippen LogP contribution in [-0.2, 0) is 7.05 Å². The molecule has 0 radical (unpaired) electrons. The number of aromatic nitrogens is 5. The zero-order valence-corrected chi connectivity index (χ0v) is 11.4. The van der Waals surface area contributed by atoms with Crippen LogP contribution in [0.2, 0.25) is 0 Å². The van der Waals surface area contributed by atoms with E-state index in [2.05, 4.69) is 20.7 Å². The highest BCUT2D eigenvalue weighted by Gasteiger charge is 2.11. The molecule has 102 valence electrons. The third-order valence-electron chi connectivity index (χ3n) is 3.06. The lowest BCUT2D eigenvalue weighted by molar-refractivity contribution is 0.766. The highest BCUT2D eigenvalue weighted by Crippen LogP contribution is 2.17. The van der Waals surface area contributed by atoms with Crippen molar-refractivity contribution in [3.8, 4) is 5.69 Å². The largest absolute Gasteiger partial charge is 0.374 e. The second-order valence-corrected chi connectivity index (χ2v) is 4.69. The predicted octanol–water partition coefficient (Wildman–Crippen LogP) is 2.17. The zero-order valence-electron chi connectivity index (χ0n) is 11.4. The van der Waals surface area contributed by atoms with Gasteiger partial charge in [0.1, 0.15) is 5.69 Å². The van der Waals surface area contributed by atoms with Gasteiger partial charge >= 0.3 is 0 Å². The Morgan fingerprint density at radius 2 is 1.95 bits per heavy atom. The summed E-state index contributed by atoms with van der Waals surface area (Å²) < 4.78 is 3.53. The van der Waals surface area contributed by atoms with Crippen molar-refractivity contribution in [3.63, 3.8) is 0 Å². The van der Waals surface area contributed by atoms with Gasteiger partial charge in [-0.3, -0.25) is 4.68 Å². The molecule has 0 aliphatic heterocycles. The van der Waals surface area contributed by atoms with Crippen LogP contribution in [0.5, 0.6) is 0 Å². The van der Waals surface area contributed by atoms with Gasteiger partial charge in [-0.25, -0.2) is 4.68 Å². The lowest BCUT2D eigenvalue weighted by Gasteiger charge is -2.09. The Bertz CT molecular complexity index is 685. The van der Waals surface area contributed by atoms with E-state index in [0.717, 1.165) is 17.1 Å². The molecule has 0 bridgehead atoms. The summed E-state index contributed by atoms with van der Waals surface area (Å²) in [5.74, 6) is 0. The number of aryl methyl sites for hydroxylation is 1. The fourth-order valence-corrected chi connectivity index (χ4v) is 2.00. The maximum Gasteiger partial charge on any atom is 0.105 e.